The Labute approximate surface area is 177 Å². The second-order valence-electron chi connectivity index (χ2n) is 6.57. The summed E-state index contributed by atoms with van der Waals surface area (Å²) < 4.78 is 30.2. The van der Waals surface area contributed by atoms with E-state index in [-0.39, 0.29) is 5.91 Å². The predicted octanol–water partition coefficient (Wildman–Crippen LogP) is 3.29. The number of carbonyl (C=O) groups excluding carboxylic acids is 1. The Bertz CT molecular complexity index is 871. The Balaban J connectivity index is 1.78. The zero-order chi connectivity index (χ0) is 21.3. The molecule has 2 aromatic carbocycles. The van der Waals surface area contributed by atoms with Gasteiger partial charge in [0.15, 0.2) is 6.10 Å². The number of anilines is 1. The molecule has 0 saturated heterocycles. The number of hydrogen-bond donors (Lipinski definition) is 1. The summed E-state index contributed by atoms with van der Waals surface area (Å²) in [5, 5.41) is 2.92. The average Bonchev–Trinajstić information content (AvgIpc) is 2.71. The summed E-state index contributed by atoms with van der Waals surface area (Å²) >= 11 is 1.77. The zero-order valence-corrected chi connectivity index (χ0v) is 18.6. The maximum absolute atomic E-state index is 12.4. The summed E-state index contributed by atoms with van der Waals surface area (Å²) in [5.74, 6) is 2.11. The highest BCUT2D eigenvalue weighted by atomic mass is 32.2. The van der Waals surface area contributed by atoms with Crippen LogP contribution in [0.2, 0.25) is 0 Å². The van der Waals surface area contributed by atoms with Gasteiger partial charge in [-0.25, -0.2) is 8.42 Å². The third kappa shape index (κ3) is 7.62. The summed E-state index contributed by atoms with van der Waals surface area (Å²) in [6.07, 6.45) is 1.09. The Morgan fingerprint density at radius 1 is 1.14 bits per heavy atom. The van der Waals surface area contributed by atoms with Crippen LogP contribution in [0.1, 0.15) is 18.9 Å². The van der Waals surface area contributed by atoms with Gasteiger partial charge >= 0.3 is 0 Å². The zero-order valence-electron chi connectivity index (χ0n) is 17.0. The number of carbonyl (C=O) groups is 1. The van der Waals surface area contributed by atoms with Crippen molar-refractivity contribution in [3.05, 3.63) is 60.2 Å². The molecule has 0 heterocycles. The van der Waals surface area contributed by atoms with Crippen molar-refractivity contribution >= 4 is 33.4 Å². The van der Waals surface area contributed by atoms with Gasteiger partial charge < -0.3 is 10.1 Å². The highest BCUT2D eigenvalue weighted by Crippen LogP contribution is 2.21. The molecule has 0 spiro atoms. The maximum Gasteiger partial charge on any atom is 0.261 e. The molecular weight excluding hydrogens is 408 g/mol. The average molecular weight is 437 g/mol. The first-order valence-corrected chi connectivity index (χ1v) is 12.4. The second-order valence-corrected chi connectivity index (χ2v) is 9.69. The van der Waals surface area contributed by atoms with Crippen LogP contribution in [0.15, 0.2) is 54.6 Å². The maximum atomic E-state index is 12.4. The topological polar surface area (TPSA) is 75.7 Å². The summed E-state index contributed by atoms with van der Waals surface area (Å²) in [7, 11) is -1.83. The van der Waals surface area contributed by atoms with E-state index in [2.05, 4.69) is 17.4 Å². The lowest BCUT2D eigenvalue weighted by Crippen LogP contribution is -2.39. The van der Waals surface area contributed by atoms with Crippen molar-refractivity contribution in [1.82, 2.24) is 5.32 Å². The third-order valence-electron chi connectivity index (χ3n) is 4.30. The number of hydrogen-bond acceptors (Lipinski definition) is 5. The normalized spacial score (nSPS) is 12.2. The predicted molar refractivity (Wildman–Crippen MR) is 120 cm³/mol. The van der Waals surface area contributed by atoms with Crippen LogP contribution in [0.25, 0.3) is 0 Å². The molecule has 2 rings (SSSR count). The molecule has 6 nitrogen and oxygen atoms in total. The number of thioether (sulfide) groups is 1. The highest BCUT2D eigenvalue weighted by molar-refractivity contribution is 7.98. The van der Waals surface area contributed by atoms with Gasteiger partial charge in [-0.2, -0.15) is 11.8 Å². The SMILES string of the molecule is CCC(Oc1ccc(N(C)S(C)(=O)=O)cc1)C(=O)NCCSCc1ccccc1. The lowest BCUT2D eigenvalue weighted by molar-refractivity contribution is -0.127. The van der Waals surface area contributed by atoms with Gasteiger partial charge in [0.25, 0.3) is 5.91 Å². The summed E-state index contributed by atoms with van der Waals surface area (Å²) in [6.45, 7) is 2.47. The number of ether oxygens (including phenoxy) is 1. The number of sulfonamides is 1. The smallest absolute Gasteiger partial charge is 0.261 e. The molecule has 0 aliphatic rings. The van der Waals surface area contributed by atoms with Crippen LogP contribution in [-0.2, 0) is 20.6 Å². The summed E-state index contributed by atoms with van der Waals surface area (Å²) in [4.78, 5) is 12.4. The third-order valence-corrected chi connectivity index (χ3v) is 6.53. The number of nitrogens with zero attached hydrogens (tertiary/aromatic N) is 1. The molecule has 0 bridgehead atoms. The van der Waals surface area contributed by atoms with Crippen molar-refractivity contribution in [3.63, 3.8) is 0 Å². The molecule has 158 valence electrons. The van der Waals surface area contributed by atoms with Crippen molar-refractivity contribution in [2.24, 2.45) is 0 Å². The van der Waals surface area contributed by atoms with Gasteiger partial charge in [-0.15, -0.1) is 0 Å². The van der Waals surface area contributed by atoms with E-state index in [1.54, 1.807) is 36.0 Å². The van der Waals surface area contributed by atoms with Gasteiger partial charge in [0.05, 0.1) is 11.9 Å². The van der Waals surface area contributed by atoms with Gasteiger partial charge in [0.2, 0.25) is 10.0 Å². The van der Waals surface area contributed by atoms with Crippen LogP contribution >= 0.6 is 11.8 Å². The number of rotatable bonds is 11. The molecule has 29 heavy (non-hydrogen) atoms. The van der Waals surface area contributed by atoms with E-state index < -0.39 is 16.1 Å². The standard InChI is InChI=1S/C21H28N2O4S2/c1-4-20(21(24)22-14-15-28-16-17-8-6-5-7-9-17)27-19-12-10-18(11-13-19)23(2)29(3,25)26/h5-13,20H,4,14-16H2,1-3H3,(H,22,24). The minimum Gasteiger partial charge on any atom is -0.481 e. The van der Waals surface area contributed by atoms with Gasteiger partial charge in [-0.05, 0) is 36.2 Å². The largest absolute Gasteiger partial charge is 0.481 e. The molecule has 1 atom stereocenters. The van der Waals surface area contributed by atoms with E-state index in [1.807, 2.05) is 25.1 Å². The van der Waals surface area contributed by atoms with E-state index in [0.29, 0.717) is 24.4 Å². The molecule has 0 saturated carbocycles. The molecule has 8 heteroatoms. The van der Waals surface area contributed by atoms with Crippen LogP contribution < -0.4 is 14.4 Å². The summed E-state index contributed by atoms with van der Waals surface area (Å²) in [6, 6.07) is 16.9. The first-order chi connectivity index (χ1) is 13.8. The second kappa shape index (κ2) is 11.1. The van der Waals surface area contributed by atoms with Crippen molar-refractivity contribution in [2.75, 3.05) is 29.9 Å². The van der Waals surface area contributed by atoms with Gasteiger partial charge in [0, 0.05) is 25.1 Å². The molecule has 0 aliphatic heterocycles. The minimum absolute atomic E-state index is 0.148. The lowest BCUT2D eigenvalue weighted by Gasteiger charge is -2.19. The van der Waals surface area contributed by atoms with Gasteiger partial charge in [-0.3, -0.25) is 9.10 Å². The van der Waals surface area contributed by atoms with E-state index in [1.165, 1.54) is 16.9 Å². The van der Waals surface area contributed by atoms with Crippen LogP contribution in [0.3, 0.4) is 0 Å². The molecule has 1 amide bonds. The van der Waals surface area contributed by atoms with Crippen LogP contribution in [0.4, 0.5) is 5.69 Å². The molecule has 0 radical (unpaired) electrons. The Kier molecular flexibility index (Phi) is 8.85. The van der Waals surface area contributed by atoms with E-state index in [4.69, 9.17) is 4.74 Å². The molecule has 1 N–H and O–H groups in total. The fraction of sp³-hybridized carbons (Fsp3) is 0.381. The van der Waals surface area contributed by atoms with E-state index in [0.717, 1.165) is 17.8 Å². The number of benzene rings is 2. The Hall–Kier alpha value is -2.19. The van der Waals surface area contributed by atoms with E-state index in [9.17, 15) is 13.2 Å². The first kappa shape index (κ1) is 23.1. The van der Waals surface area contributed by atoms with Crippen molar-refractivity contribution < 1.29 is 17.9 Å². The number of amides is 1. The van der Waals surface area contributed by atoms with Crippen LogP contribution in [0, 0.1) is 0 Å². The highest BCUT2D eigenvalue weighted by Gasteiger charge is 2.18. The molecule has 1 unspecified atom stereocenters. The number of nitrogens with one attached hydrogen (secondary N) is 1. The van der Waals surface area contributed by atoms with Crippen molar-refractivity contribution in [3.8, 4) is 5.75 Å². The fourth-order valence-corrected chi connectivity index (χ4v) is 3.86. The summed E-state index contributed by atoms with van der Waals surface area (Å²) in [5.41, 5.74) is 1.80. The lowest BCUT2D eigenvalue weighted by atomic mass is 10.2. The van der Waals surface area contributed by atoms with Crippen molar-refractivity contribution in [2.45, 2.75) is 25.2 Å². The molecular formula is C21H28N2O4S2. The van der Waals surface area contributed by atoms with Crippen LogP contribution in [0.5, 0.6) is 5.75 Å². The fourth-order valence-electron chi connectivity index (χ4n) is 2.54. The minimum atomic E-state index is -3.32. The van der Waals surface area contributed by atoms with Gasteiger partial charge in [-0.1, -0.05) is 37.3 Å². The quantitative estimate of drug-likeness (QED) is 0.547. The molecule has 0 fully saturated rings. The molecule has 0 aliphatic carbocycles. The first-order valence-electron chi connectivity index (χ1n) is 9.41. The Morgan fingerprint density at radius 2 is 1.79 bits per heavy atom. The monoisotopic (exact) mass is 436 g/mol. The van der Waals surface area contributed by atoms with Crippen molar-refractivity contribution in [1.29, 1.82) is 0 Å². The molecule has 2 aromatic rings. The molecule has 0 aromatic heterocycles. The Morgan fingerprint density at radius 3 is 2.38 bits per heavy atom. The van der Waals surface area contributed by atoms with Crippen LogP contribution in [-0.4, -0.2) is 46.0 Å². The van der Waals surface area contributed by atoms with Gasteiger partial charge in [0.1, 0.15) is 5.75 Å². The van der Waals surface area contributed by atoms with E-state index >= 15 is 0 Å².